The number of ether oxygens (including phenoxy) is 3. The van der Waals surface area contributed by atoms with Crippen molar-refractivity contribution in [2.24, 2.45) is 5.73 Å². The fraction of sp³-hybridized carbons (Fsp3) is 0.286. The molecule has 0 saturated heterocycles. The number of nitrogens with two attached hydrogens (primary N) is 1. The molecule has 0 amide bonds. The predicted octanol–water partition coefficient (Wildman–Crippen LogP) is 1.55. The molecule has 6 heteroatoms. The molecule has 2 rings (SSSR count). The van der Waals surface area contributed by atoms with Gasteiger partial charge in [-0.1, -0.05) is 0 Å². The molecule has 0 aliphatic rings. The van der Waals surface area contributed by atoms with E-state index in [1.807, 2.05) is 12.1 Å². The summed E-state index contributed by atoms with van der Waals surface area (Å²) >= 11 is 0. The van der Waals surface area contributed by atoms with Crippen LogP contribution in [0, 0.1) is 0 Å². The highest BCUT2D eigenvalue weighted by Crippen LogP contribution is 2.31. The number of nitrogens with zero attached hydrogens (tertiary/aromatic N) is 2. The Bertz CT molecular complexity index is 572. The predicted molar refractivity (Wildman–Crippen MR) is 74.2 cm³/mol. The molecule has 1 unspecified atom stereocenters. The van der Waals surface area contributed by atoms with Crippen LogP contribution in [0.15, 0.2) is 30.3 Å². The van der Waals surface area contributed by atoms with E-state index in [4.69, 9.17) is 19.9 Å². The lowest BCUT2D eigenvalue weighted by Gasteiger charge is -2.16. The van der Waals surface area contributed by atoms with Crippen LogP contribution >= 0.6 is 0 Å². The molecule has 20 heavy (non-hydrogen) atoms. The van der Waals surface area contributed by atoms with Crippen molar-refractivity contribution in [1.82, 2.24) is 10.2 Å². The average Bonchev–Trinajstić information content (AvgIpc) is 2.53. The summed E-state index contributed by atoms with van der Waals surface area (Å²) in [5.74, 6) is 1.80. The van der Waals surface area contributed by atoms with Gasteiger partial charge in [0.15, 0.2) is 0 Å². The van der Waals surface area contributed by atoms with Gasteiger partial charge in [-0.15, -0.1) is 10.2 Å². The summed E-state index contributed by atoms with van der Waals surface area (Å²) in [6.07, 6.45) is 0. The SMILES string of the molecule is COc1ccc(C(N)c2ccc(OC)nn2)c(OC)c1. The van der Waals surface area contributed by atoms with Crippen molar-refractivity contribution >= 4 is 0 Å². The molecule has 6 nitrogen and oxygen atoms in total. The lowest BCUT2D eigenvalue weighted by molar-refractivity contribution is 0.387. The van der Waals surface area contributed by atoms with E-state index in [-0.39, 0.29) is 0 Å². The van der Waals surface area contributed by atoms with Crippen molar-refractivity contribution in [1.29, 1.82) is 0 Å². The molecule has 2 N–H and O–H groups in total. The highest BCUT2D eigenvalue weighted by molar-refractivity contribution is 5.44. The number of aromatic nitrogens is 2. The third-order valence-corrected chi connectivity index (χ3v) is 2.96. The van der Waals surface area contributed by atoms with Crippen LogP contribution in [-0.4, -0.2) is 31.5 Å². The zero-order valence-electron chi connectivity index (χ0n) is 11.7. The summed E-state index contributed by atoms with van der Waals surface area (Å²) in [6, 6.07) is 8.53. The van der Waals surface area contributed by atoms with Crippen molar-refractivity contribution in [3.63, 3.8) is 0 Å². The lowest BCUT2D eigenvalue weighted by atomic mass is 10.0. The zero-order valence-corrected chi connectivity index (χ0v) is 11.7. The molecule has 0 bridgehead atoms. The molecule has 1 aromatic carbocycles. The van der Waals surface area contributed by atoms with Crippen LogP contribution in [0.2, 0.25) is 0 Å². The van der Waals surface area contributed by atoms with Gasteiger partial charge >= 0.3 is 0 Å². The first kappa shape index (κ1) is 14.1. The van der Waals surface area contributed by atoms with Crippen LogP contribution < -0.4 is 19.9 Å². The maximum Gasteiger partial charge on any atom is 0.233 e. The van der Waals surface area contributed by atoms with Gasteiger partial charge in [0.1, 0.15) is 11.5 Å². The fourth-order valence-corrected chi connectivity index (χ4v) is 1.84. The van der Waals surface area contributed by atoms with E-state index in [1.54, 1.807) is 32.4 Å². The zero-order chi connectivity index (χ0) is 14.5. The minimum Gasteiger partial charge on any atom is -0.497 e. The van der Waals surface area contributed by atoms with Crippen LogP contribution in [0.1, 0.15) is 17.3 Å². The van der Waals surface area contributed by atoms with E-state index in [0.717, 1.165) is 5.56 Å². The summed E-state index contributed by atoms with van der Waals surface area (Å²) < 4.78 is 15.5. The third kappa shape index (κ3) is 2.80. The number of methoxy groups -OCH3 is 3. The van der Waals surface area contributed by atoms with Gasteiger partial charge in [0, 0.05) is 17.7 Å². The van der Waals surface area contributed by atoms with E-state index >= 15 is 0 Å². The van der Waals surface area contributed by atoms with E-state index in [2.05, 4.69) is 10.2 Å². The van der Waals surface area contributed by atoms with Crippen LogP contribution in [-0.2, 0) is 0 Å². The van der Waals surface area contributed by atoms with Crippen LogP contribution in [0.5, 0.6) is 17.4 Å². The minimum absolute atomic E-state index is 0.436. The van der Waals surface area contributed by atoms with Gasteiger partial charge in [-0.2, -0.15) is 0 Å². The fourth-order valence-electron chi connectivity index (χ4n) is 1.84. The highest BCUT2D eigenvalue weighted by atomic mass is 16.5. The number of benzene rings is 1. The Kier molecular flexibility index (Phi) is 4.37. The van der Waals surface area contributed by atoms with Crippen LogP contribution in [0.3, 0.4) is 0 Å². The molecular formula is C14H17N3O3. The van der Waals surface area contributed by atoms with Crippen molar-refractivity contribution in [3.8, 4) is 17.4 Å². The monoisotopic (exact) mass is 275 g/mol. The molecule has 1 aromatic heterocycles. The molecule has 0 spiro atoms. The maximum atomic E-state index is 6.21. The van der Waals surface area contributed by atoms with E-state index in [0.29, 0.717) is 23.1 Å². The first-order chi connectivity index (χ1) is 9.69. The largest absolute Gasteiger partial charge is 0.497 e. The molecule has 1 heterocycles. The summed E-state index contributed by atoms with van der Waals surface area (Å²) in [6.45, 7) is 0. The van der Waals surface area contributed by atoms with E-state index < -0.39 is 6.04 Å². The minimum atomic E-state index is -0.436. The Morgan fingerprint density at radius 2 is 1.75 bits per heavy atom. The summed E-state index contributed by atoms with van der Waals surface area (Å²) in [7, 11) is 4.73. The third-order valence-electron chi connectivity index (χ3n) is 2.96. The maximum absolute atomic E-state index is 6.21. The Balaban J connectivity index is 2.33. The van der Waals surface area contributed by atoms with Gasteiger partial charge in [0.05, 0.1) is 33.1 Å². The van der Waals surface area contributed by atoms with Gasteiger partial charge in [0.2, 0.25) is 5.88 Å². The second kappa shape index (κ2) is 6.21. The topological polar surface area (TPSA) is 79.5 Å². The molecule has 106 valence electrons. The summed E-state index contributed by atoms with van der Waals surface area (Å²) in [4.78, 5) is 0. The van der Waals surface area contributed by atoms with Gasteiger partial charge < -0.3 is 19.9 Å². The second-order valence-corrected chi connectivity index (χ2v) is 4.09. The molecule has 0 aliphatic carbocycles. The number of rotatable bonds is 5. The Morgan fingerprint density at radius 1 is 0.950 bits per heavy atom. The first-order valence-electron chi connectivity index (χ1n) is 6.04. The van der Waals surface area contributed by atoms with Crippen LogP contribution in [0.25, 0.3) is 0 Å². The molecule has 2 aromatic rings. The highest BCUT2D eigenvalue weighted by Gasteiger charge is 2.16. The van der Waals surface area contributed by atoms with Gasteiger partial charge in [-0.3, -0.25) is 0 Å². The molecular weight excluding hydrogens is 258 g/mol. The quantitative estimate of drug-likeness (QED) is 0.891. The van der Waals surface area contributed by atoms with Crippen molar-refractivity contribution in [3.05, 3.63) is 41.6 Å². The van der Waals surface area contributed by atoms with E-state index in [9.17, 15) is 0 Å². The van der Waals surface area contributed by atoms with Gasteiger partial charge in [-0.25, -0.2) is 0 Å². The molecule has 0 fully saturated rings. The standard InChI is InChI=1S/C14H17N3O3/c1-18-9-4-5-10(12(8-9)19-2)14(15)11-6-7-13(20-3)17-16-11/h4-8,14H,15H2,1-3H3. The Hall–Kier alpha value is -2.34. The smallest absolute Gasteiger partial charge is 0.233 e. The summed E-state index contributed by atoms with van der Waals surface area (Å²) in [5.41, 5.74) is 7.66. The number of hydrogen-bond acceptors (Lipinski definition) is 6. The van der Waals surface area contributed by atoms with E-state index in [1.165, 1.54) is 7.11 Å². The summed E-state index contributed by atoms with van der Waals surface area (Å²) in [5, 5.41) is 7.97. The van der Waals surface area contributed by atoms with Gasteiger partial charge in [-0.05, 0) is 18.2 Å². The average molecular weight is 275 g/mol. The molecule has 0 aliphatic heterocycles. The van der Waals surface area contributed by atoms with Gasteiger partial charge in [0.25, 0.3) is 0 Å². The van der Waals surface area contributed by atoms with Crippen molar-refractivity contribution in [2.45, 2.75) is 6.04 Å². The molecule has 0 saturated carbocycles. The molecule has 1 atom stereocenters. The van der Waals surface area contributed by atoms with Crippen molar-refractivity contribution in [2.75, 3.05) is 21.3 Å². The lowest BCUT2D eigenvalue weighted by Crippen LogP contribution is -2.15. The normalized spacial score (nSPS) is 11.8. The molecule has 0 radical (unpaired) electrons. The van der Waals surface area contributed by atoms with Crippen molar-refractivity contribution < 1.29 is 14.2 Å². The Labute approximate surface area is 117 Å². The second-order valence-electron chi connectivity index (χ2n) is 4.09. The first-order valence-corrected chi connectivity index (χ1v) is 6.04. The van der Waals surface area contributed by atoms with Crippen LogP contribution in [0.4, 0.5) is 0 Å². The Morgan fingerprint density at radius 3 is 2.30 bits per heavy atom. The number of hydrogen-bond donors (Lipinski definition) is 1.